The molecule has 0 amide bonds. The molecule has 114 valence electrons. The Labute approximate surface area is 125 Å². The summed E-state index contributed by atoms with van der Waals surface area (Å²) in [4.78, 5) is 23.7. The van der Waals surface area contributed by atoms with Gasteiger partial charge >= 0.3 is 11.9 Å². The van der Waals surface area contributed by atoms with E-state index in [1.807, 2.05) is 39.0 Å². The summed E-state index contributed by atoms with van der Waals surface area (Å²) in [5, 5.41) is 0. The summed E-state index contributed by atoms with van der Waals surface area (Å²) >= 11 is 0. The molecule has 0 spiro atoms. The van der Waals surface area contributed by atoms with Gasteiger partial charge in [-0.3, -0.25) is 4.79 Å². The van der Waals surface area contributed by atoms with Crippen molar-refractivity contribution in [3.63, 3.8) is 0 Å². The highest BCUT2D eigenvalue weighted by Gasteiger charge is 2.46. The van der Waals surface area contributed by atoms with E-state index in [1.54, 1.807) is 6.07 Å². The molecule has 2 rings (SSSR count). The predicted molar refractivity (Wildman–Crippen MR) is 79.2 cm³/mol. The lowest BCUT2D eigenvalue weighted by molar-refractivity contribution is -0.155. The first-order valence-corrected chi connectivity index (χ1v) is 7.16. The van der Waals surface area contributed by atoms with Crippen molar-refractivity contribution in [2.24, 2.45) is 0 Å². The van der Waals surface area contributed by atoms with Crippen molar-refractivity contribution in [2.75, 3.05) is 7.11 Å². The maximum Gasteiger partial charge on any atom is 0.337 e. The van der Waals surface area contributed by atoms with Crippen molar-refractivity contribution in [1.82, 2.24) is 0 Å². The van der Waals surface area contributed by atoms with E-state index in [9.17, 15) is 9.59 Å². The van der Waals surface area contributed by atoms with Gasteiger partial charge in [0.15, 0.2) is 0 Å². The molecule has 0 radical (unpaired) electrons. The maximum absolute atomic E-state index is 12.0. The summed E-state index contributed by atoms with van der Waals surface area (Å²) < 4.78 is 10.1. The lowest BCUT2D eigenvalue weighted by atomic mass is 9.91. The van der Waals surface area contributed by atoms with Crippen LogP contribution < -0.4 is 0 Å². The van der Waals surface area contributed by atoms with Crippen LogP contribution in [-0.4, -0.2) is 24.6 Å². The standard InChI is InChI=1S/C17H22O4/c1-16(2,3)21-14(18)11-17(8-9-17)13-7-5-6-12(10-13)15(19)20-4/h5-7,10H,8-9,11H2,1-4H3. The summed E-state index contributed by atoms with van der Waals surface area (Å²) in [6.07, 6.45) is 2.24. The molecular formula is C17H22O4. The third-order valence-electron chi connectivity index (χ3n) is 3.65. The topological polar surface area (TPSA) is 52.6 Å². The van der Waals surface area contributed by atoms with Crippen LogP contribution in [-0.2, 0) is 19.7 Å². The van der Waals surface area contributed by atoms with Gasteiger partial charge < -0.3 is 9.47 Å². The Kier molecular flexibility index (Phi) is 4.08. The lowest BCUT2D eigenvalue weighted by Gasteiger charge is -2.22. The van der Waals surface area contributed by atoms with Gasteiger partial charge in [-0.1, -0.05) is 12.1 Å². The molecule has 0 bridgehead atoms. The SMILES string of the molecule is COC(=O)c1cccc(C2(CC(=O)OC(C)(C)C)CC2)c1. The van der Waals surface area contributed by atoms with Gasteiger partial charge in [-0.15, -0.1) is 0 Å². The van der Waals surface area contributed by atoms with Crippen LogP contribution >= 0.6 is 0 Å². The van der Waals surface area contributed by atoms with Gasteiger partial charge in [-0.2, -0.15) is 0 Å². The first kappa shape index (κ1) is 15.5. The normalized spacial score (nSPS) is 16.2. The molecule has 0 saturated heterocycles. The van der Waals surface area contributed by atoms with Crippen molar-refractivity contribution >= 4 is 11.9 Å². The molecule has 4 nitrogen and oxygen atoms in total. The third-order valence-corrected chi connectivity index (χ3v) is 3.65. The van der Waals surface area contributed by atoms with Crippen molar-refractivity contribution in [1.29, 1.82) is 0 Å². The fraction of sp³-hybridized carbons (Fsp3) is 0.529. The number of carbonyl (C=O) groups excluding carboxylic acids is 2. The molecule has 1 aromatic carbocycles. The van der Waals surface area contributed by atoms with Crippen LogP contribution in [0.1, 0.15) is 56.0 Å². The monoisotopic (exact) mass is 290 g/mol. The average Bonchev–Trinajstić information content (AvgIpc) is 3.16. The van der Waals surface area contributed by atoms with Crippen LogP contribution in [0.3, 0.4) is 0 Å². The van der Waals surface area contributed by atoms with Gasteiger partial charge in [-0.05, 0) is 51.3 Å². The number of ether oxygens (including phenoxy) is 2. The minimum Gasteiger partial charge on any atom is -0.465 e. The quantitative estimate of drug-likeness (QED) is 0.799. The van der Waals surface area contributed by atoms with Gasteiger partial charge in [0.25, 0.3) is 0 Å². The molecule has 1 saturated carbocycles. The Morgan fingerprint density at radius 2 is 1.90 bits per heavy atom. The highest BCUT2D eigenvalue weighted by atomic mass is 16.6. The molecule has 1 fully saturated rings. The van der Waals surface area contributed by atoms with Gasteiger partial charge in [0.2, 0.25) is 0 Å². The first-order valence-electron chi connectivity index (χ1n) is 7.16. The number of benzene rings is 1. The van der Waals surface area contributed by atoms with Crippen LogP contribution in [0.4, 0.5) is 0 Å². The van der Waals surface area contributed by atoms with Crippen LogP contribution in [0.15, 0.2) is 24.3 Å². The predicted octanol–water partition coefficient (Wildman–Crippen LogP) is 3.24. The molecule has 21 heavy (non-hydrogen) atoms. The van der Waals surface area contributed by atoms with Gasteiger partial charge in [0.05, 0.1) is 19.1 Å². The molecule has 0 heterocycles. The fourth-order valence-corrected chi connectivity index (χ4v) is 2.47. The molecule has 0 N–H and O–H groups in total. The number of esters is 2. The average molecular weight is 290 g/mol. The molecular weight excluding hydrogens is 268 g/mol. The number of hydrogen-bond donors (Lipinski definition) is 0. The van der Waals surface area contributed by atoms with E-state index in [2.05, 4.69) is 0 Å². The van der Waals surface area contributed by atoms with E-state index in [-0.39, 0.29) is 17.4 Å². The molecule has 0 aliphatic heterocycles. The van der Waals surface area contributed by atoms with Gasteiger partial charge in [0.1, 0.15) is 5.60 Å². The Morgan fingerprint density at radius 1 is 1.24 bits per heavy atom. The van der Waals surface area contributed by atoms with Crippen LogP contribution in [0.2, 0.25) is 0 Å². The second-order valence-electron chi connectivity index (χ2n) is 6.62. The van der Waals surface area contributed by atoms with E-state index in [0.717, 1.165) is 18.4 Å². The number of methoxy groups -OCH3 is 1. The van der Waals surface area contributed by atoms with Crippen molar-refractivity contribution in [3.05, 3.63) is 35.4 Å². The molecule has 0 atom stereocenters. The molecule has 1 aromatic rings. The molecule has 0 aromatic heterocycles. The second-order valence-corrected chi connectivity index (χ2v) is 6.62. The smallest absolute Gasteiger partial charge is 0.337 e. The van der Waals surface area contributed by atoms with Gasteiger partial charge in [-0.25, -0.2) is 4.79 Å². The number of carbonyl (C=O) groups is 2. The zero-order chi connectivity index (χ0) is 15.7. The Morgan fingerprint density at radius 3 is 2.43 bits per heavy atom. The molecule has 4 heteroatoms. The Hall–Kier alpha value is -1.84. The van der Waals surface area contributed by atoms with E-state index in [4.69, 9.17) is 9.47 Å². The van der Waals surface area contributed by atoms with Crippen LogP contribution in [0.25, 0.3) is 0 Å². The summed E-state index contributed by atoms with van der Waals surface area (Å²) in [5.74, 6) is -0.548. The van der Waals surface area contributed by atoms with E-state index in [0.29, 0.717) is 12.0 Å². The highest BCUT2D eigenvalue weighted by molar-refractivity contribution is 5.89. The fourth-order valence-electron chi connectivity index (χ4n) is 2.47. The van der Waals surface area contributed by atoms with Gasteiger partial charge in [0, 0.05) is 5.41 Å². The summed E-state index contributed by atoms with van der Waals surface area (Å²) in [5.41, 5.74) is 0.884. The Balaban J connectivity index is 2.14. The second kappa shape index (κ2) is 5.51. The summed E-state index contributed by atoms with van der Waals surface area (Å²) in [7, 11) is 1.36. The zero-order valence-corrected chi connectivity index (χ0v) is 13.1. The van der Waals surface area contributed by atoms with Crippen molar-refractivity contribution in [3.8, 4) is 0 Å². The maximum atomic E-state index is 12.0. The minimum absolute atomic E-state index is 0.174. The molecule has 0 unspecified atom stereocenters. The van der Waals surface area contributed by atoms with E-state index >= 15 is 0 Å². The van der Waals surface area contributed by atoms with Crippen LogP contribution in [0.5, 0.6) is 0 Å². The van der Waals surface area contributed by atoms with Crippen molar-refractivity contribution < 1.29 is 19.1 Å². The van der Waals surface area contributed by atoms with Crippen molar-refractivity contribution in [2.45, 2.75) is 51.0 Å². The highest BCUT2D eigenvalue weighted by Crippen LogP contribution is 2.51. The lowest BCUT2D eigenvalue weighted by Crippen LogP contribution is -2.26. The van der Waals surface area contributed by atoms with E-state index < -0.39 is 5.60 Å². The summed E-state index contributed by atoms with van der Waals surface area (Å²) in [6.45, 7) is 5.59. The first-order chi connectivity index (χ1) is 9.76. The summed E-state index contributed by atoms with van der Waals surface area (Å²) in [6, 6.07) is 7.34. The molecule has 1 aliphatic carbocycles. The van der Waals surface area contributed by atoms with Crippen LogP contribution in [0, 0.1) is 0 Å². The third kappa shape index (κ3) is 3.84. The number of hydrogen-bond acceptors (Lipinski definition) is 4. The number of rotatable bonds is 4. The minimum atomic E-state index is -0.471. The molecule has 1 aliphatic rings. The zero-order valence-electron chi connectivity index (χ0n) is 13.1. The Bertz CT molecular complexity index is 550. The largest absolute Gasteiger partial charge is 0.465 e. The van der Waals surface area contributed by atoms with E-state index in [1.165, 1.54) is 7.11 Å².